The number of nitrogens with zero attached hydrogens (tertiary/aromatic N) is 1. The molecule has 2 nitrogen and oxygen atoms in total. The van der Waals surface area contributed by atoms with Gasteiger partial charge in [-0.2, -0.15) is 0 Å². The van der Waals surface area contributed by atoms with E-state index in [-0.39, 0.29) is 0 Å². The third-order valence-corrected chi connectivity index (χ3v) is 2.00. The van der Waals surface area contributed by atoms with E-state index in [1.54, 1.807) is 4.90 Å². The lowest BCUT2D eigenvalue weighted by Gasteiger charge is -2.31. The van der Waals surface area contributed by atoms with E-state index >= 15 is 0 Å². The quantitative estimate of drug-likeness (QED) is 0.569. The molecule has 11 heavy (non-hydrogen) atoms. The van der Waals surface area contributed by atoms with Gasteiger partial charge in [0.2, 0.25) is 6.41 Å². The highest BCUT2D eigenvalue weighted by Gasteiger charge is 2.20. The molecule has 0 saturated heterocycles. The highest BCUT2D eigenvalue weighted by Crippen LogP contribution is 2.16. The molecule has 0 aromatic heterocycles. The summed E-state index contributed by atoms with van der Waals surface area (Å²) in [5.74, 6) is 1.07. The molecular formula is C9H19NO. The van der Waals surface area contributed by atoms with Crippen LogP contribution in [-0.4, -0.2) is 24.4 Å². The summed E-state index contributed by atoms with van der Waals surface area (Å²) in [6.45, 7) is 8.57. The molecule has 0 N–H and O–H groups in total. The zero-order valence-corrected chi connectivity index (χ0v) is 8.16. The zero-order chi connectivity index (χ0) is 9.02. The smallest absolute Gasteiger partial charge is 0.209 e. The van der Waals surface area contributed by atoms with Gasteiger partial charge in [0.05, 0.1) is 0 Å². The fourth-order valence-electron chi connectivity index (χ4n) is 1.78. The van der Waals surface area contributed by atoms with Crippen LogP contribution in [0.3, 0.4) is 0 Å². The highest BCUT2D eigenvalue weighted by atomic mass is 16.1. The second-order valence-corrected chi connectivity index (χ2v) is 3.75. The summed E-state index contributed by atoms with van der Waals surface area (Å²) in [7, 11) is 1.84. The number of rotatable bonds is 4. The Hall–Kier alpha value is -0.530. The Morgan fingerprint density at radius 2 is 1.45 bits per heavy atom. The molecule has 0 bridgehead atoms. The second kappa shape index (κ2) is 4.37. The summed E-state index contributed by atoms with van der Waals surface area (Å²) in [6, 6.07) is 0.368. The summed E-state index contributed by atoms with van der Waals surface area (Å²) in [5.41, 5.74) is 0. The van der Waals surface area contributed by atoms with Crippen LogP contribution in [0.5, 0.6) is 0 Å². The van der Waals surface area contributed by atoms with E-state index in [0.29, 0.717) is 17.9 Å². The van der Waals surface area contributed by atoms with Gasteiger partial charge < -0.3 is 4.90 Å². The predicted molar refractivity (Wildman–Crippen MR) is 47.3 cm³/mol. The fraction of sp³-hybridized carbons (Fsp3) is 0.889. The SMILES string of the molecule is CC(C)C(C(C)C)N(C)C=O. The van der Waals surface area contributed by atoms with Gasteiger partial charge in [0.1, 0.15) is 0 Å². The van der Waals surface area contributed by atoms with Crippen LogP contribution in [0, 0.1) is 11.8 Å². The lowest BCUT2D eigenvalue weighted by molar-refractivity contribution is -0.120. The van der Waals surface area contributed by atoms with Crippen molar-refractivity contribution in [1.82, 2.24) is 4.90 Å². The van der Waals surface area contributed by atoms with Gasteiger partial charge in [0.15, 0.2) is 0 Å². The lowest BCUT2D eigenvalue weighted by Crippen LogP contribution is -2.38. The number of carbonyl (C=O) groups excluding carboxylic acids is 1. The summed E-state index contributed by atoms with van der Waals surface area (Å²) in [6.07, 6.45) is 0.907. The first-order chi connectivity index (χ1) is 5.00. The Kier molecular flexibility index (Phi) is 4.16. The van der Waals surface area contributed by atoms with Gasteiger partial charge in [-0.25, -0.2) is 0 Å². The monoisotopic (exact) mass is 157 g/mol. The molecule has 2 heteroatoms. The van der Waals surface area contributed by atoms with Crippen LogP contribution in [0.25, 0.3) is 0 Å². The third kappa shape index (κ3) is 2.91. The first kappa shape index (κ1) is 10.5. The van der Waals surface area contributed by atoms with Crippen LogP contribution in [0.4, 0.5) is 0 Å². The van der Waals surface area contributed by atoms with Crippen molar-refractivity contribution < 1.29 is 4.79 Å². The van der Waals surface area contributed by atoms with Gasteiger partial charge in [0.25, 0.3) is 0 Å². The normalized spacial score (nSPS) is 11.3. The van der Waals surface area contributed by atoms with Crippen molar-refractivity contribution in [2.75, 3.05) is 7.05 Å². The van der Waals surface area contributed by atoms with Crippen LogP contribution in [-0.2, 0) is 4.79 Å². The van der Waals surface area contributed by atoms with Crippen molar-refractivity contribution in [2.24, 2.45) is 11.8 Å². The molecule has 0 spiro atoms. The predicted octanol–water partition coefficient (Wildman–Crippen LogP) is 1.76. The van der Waals surface area contributed by atoms with Crippen LogP contribution in [0.15, 0.2) is 0 Å². The van der Waals surface area contributed by atoms with E-state index in [2.05, 4.69) is 27.7 Å². The Morgan fingerprint density at radius 3 is 1.55 bits per heavy atom. The average molecular weight is 157 g/mol. The molecule has 0 atom stereocenters. The van der Waals surface area contributed by atoms with E-state index < -0.39 is 0 Å². The summed E-state index contributed by atoms with van der Waals surface area (Å²) in [4.78, 5) is 12.2. The van der Waals surface area contributed by atoms with E-state index in [1.807, 2.05) is 7.05 Å². The summed E-state index contributed by atoms with van der Waals surface area (Å²) >= 11 is 0. The fourth-order valence-corrected chi connectivity index (χ4v) is 1.78. The van der Waals surface area contributed by atoms with Crippen LogP contribution < -0.4 is 0 Å². The Morgan fingerprint density at radius 1 is 1.09 bits per heavy atom. The first-order valence-corrected chi connectivity index (χ1v) is 4.18. The van der Waals surface area contributed by atoms with Crippen molar-refractivity contribution in [3.8, 4) is 0 Å². The molecule has 0 aliphatic rings. The number of carbonyl (C=O) groups is 1. The maximum atomic E-state index is 10.5. The molecular weight excluding hydrogens is 138 g/mol. The van der Waals surface area contributed by atoms with Crippen molar-refractivity contribution in [3.05, 3.63) is 0 Å². The molecule has 0 saturated carbocycles. The van der Waals surface area contributed by atoms with Crippen LogP contribution >= 0.6 is 0 Å². The number of hydrogen-bond donors (Lipinski definition) is 0. The maximum Gasteiger partial charge on any atom is 0.209 e. The lowest BCUT2D eigenvalue weighted by atomic mass is 9.92. The number of amides is 1. The molecule has 0 radical (unpaired) electrons. The zero-order valence-electron chi connectivity index (χ0n) is 8.16. The van der Waals surface area contributed by atoms with Gasteiger partial charge in [-0.1, -0.05) is 27.7 Å². The van der Waals surface area contributed by atoms with Crippen molar-refractivity contribution in [1.29, 1.82) is 0 Å². The molecule has 0 fully saturated rings. The van der Waals surface area contributed by atoms with Gasteiger partial charge in [-0.3, -0.25) is 4.79 Å². The van der Waals surface area contributed by atoms with E-state index in [0.717, 1.165) is 6.41 Å². The van der Waals surface area contributed by atoms with E-state index in [9.17, 15) is 4.79 Å². The molecule has 0 aliphatic heterocycles. The minimum atomic E-state index is 0.368. The average Bonchev–Trinajstić information content (AvgIpc) is 1.85. The van der Waals surface area contributed by atoms with Crippen LogP contribution in [0.2, 0.25) is 0 Å². The number of hydrogen-bond acceptors (Lipinski definition) is 1. The Labute approximate surface area is 69.6 Å². The molecule has 0 aliphatic carbocycles. The Balaban J connectivity index is 4.20. The largest absolute Gasteiger partial charge is 0.345 e. The molecule has 0 unspecified atom stereocenters. The van der Waals surface area contributed by atoms with Crippen molar-refractivity contribution in [2.45, 2.75) is 33.7 Å². The molecule has 0 heterocycles. The Bertz CT molecular complexity index is 113. The van der Waals surface area contributed by atoms with Crippen molar-refractivity contribution in [3.63, 3.8) is 0 Å². The molecule has 1 amide bonds. The molecule has 0 aromatic carbocycles. The standard InChI is InChI=1S/C9H19NO/c1-7(2)9(8(3)4)10(5)6-11/h6-9H,1-5H3. The van der Waals surface area contributed by atoms with Gasteiger partial charge in [-0.05, 0) is 11.8 Å². The van der Waals surface area contributed by atoms with E-state index in [1.165, 1.54) is 0 Å². The topological polar surface area (TPSA) is 20.3 Å². The highest BCUT2D eigenvalue weighted by molar-refractivity contribution is 5.47. The second-order valence-electron chi connectivity index (χ2n) is 3.75. The van der Waals surface area contributed by atoms with Gasteiger partial charge in [0, 0.05) is 13.1 Å². The molecule has 0 aromatic rings. The van der Waals surface area contributed by atoms with Crippen LogP contribution in [0.1, 0.15) is 27.7 Å². The minimum absolute atomic E-state index is 0.368. The minimum Gasteiger partial charge on any atom is -0.345 e. The van der Waals surface area contributed by atoms with E-state index in [4.69, 9.17) is 0 Å². The summed E-state index contributed by atoms with van der Waals surface area (Å²) in [5, 5.41) is 0. The third-order valence-electron chi connectivity index (χ3n) is 2.00. The van der Waals surface area contributed by atoms with Gasteiger partial charge >= 0.3 is 0 Å². The first-order valence-electron chi connectivity index (χ1n) is 4.18. The molecule has 0 rings (SSSR count). The molecule has 66 valence electrons. The van der Waals surface area contributed by atoms with Crippen molar-refractivity contribution >= 4 is 6.41 Å². The summed E-state index contributed by atoms with van der Waals surface area (Å²) < 4.78 is 0. The van der Waals surface area contributed by atoms with Gasteiger partial charge in [-0.15, -0.1) is 0 Å². The maximum absolute atomic E-state index is 10.5.